The van der Waals surface area contributed by atoms with Gasteiger partial charge in [0.15, 0.2) is 0 Å². The summed E-state index contributed by atoms with van der Waals surface area (Å²) in [6.07, 6.45) is 7.17. The van der Waals surface area contributed by atoms with Gasteiger partial charge in [-0.1, -0.05) is 27.7 Å². The molecule has 0 aliphatic heterocycles. The maximum atomic E-state index is 5.94. The van der Waals surface area contributed by atoms with Gasteiger partial charge in [-0.25, -0.2) is 0 Å². The summed E-state index contributed by atoms with van der Waals surface area (Å²) in [4.78, 5) is 2.54. The average Bonchev–Trinajstić information content (AvgIpc) is 2.98. The quantitative estimate of drug-likeness (QED) is 0.513. The highest BCUT2D eigenvalue weighted by Crippen LogP contribution is 2.29. The number of nitrogens with two attached hydrogens (primary N) is 1. The minimum Gasteiger partial charge on any atom is -0.297 e. The molecule has 122 valence electrons. The van der Waals surface area contributed by atoms with E-state index in [1.165, 1.54) is 5.56 Å². The number of hydrogen-bond donors (Lipinski definition) is 2. The lowest BCUT2D eigenvalue weighted by atomic mass is 9.80. The molecule has 1 unspecified atom stereocenters. The van der Waals surface area contributed by atoms with Crippen LogP contribution in [0, 0.1) is 0 Å². The summed E-state index contributed by atoms with van der Waals surface area (Å²) in [6.45, 7) is 14.1. The summed E-state index contributed by atoms with van der Waals surface area (Å²) in [5, 5.41) is 4.38. The minimum absolute atomic E-state index is 0.0898. The predicted octanol–water partition coefficient (Wildman–Crippen LogP) is 2.18. The molecular weight excluding hydrogens is 262 g/mol. The Morgan fingerprint density at radius 2 is 1.86 bits per heavy atom. The number of likely N-dealkylation sites (N-methyl/N-ethyl adjacent to an activating group) is 1. The Balaban J connectivity index is 3.01. The van der Waals surface area contributed by atoms with Crippen LogP contribution < -0.4 is 11.3 Å². The van der Waals surface area contributed by atoms with Crippen molar-refractivity contribution in [1.82, 2.24) is 20.1 Å². The fourth-order valence-corrected chi connectivity index (χ4v) is 3.59. The molecule has 0 aliphatic rings. The third kappa shape index (κ3) is 3.84. The molecule has 5 nitrogen and oxygen atoms in total. The van der Waals surface area contributed by atoms with Gasteiger partial charge in [0.1, 0.15) is 0 Å². The maximum absolute atomic E-state index is 5.94. The molecule has 0 radical (unpaired) electrons. The molecule has 0 saturated heterocycles. The molecule has 0 spiro atoms. The molecule has 1 heterocycles. The van der Waals surface area contributed by atoms with E-state index in [1.807, 2.05) is 10.9 Å². The molecule has 0 bridgehead atoms. The first-order valence-corrected chi connectivity index (χ1v) is 8.34. The number of aryl methyl sites for hydroxylation is 1. The van der Waals surface area contributed by atoms with E-state index in [1.54, 1.807) is 0 Å². The molecule has 5 heteroatoms. The molecule has 1 atom stereocenters. The van der Waals surface area contributed by atoms with Crippen molar-refractivity contribution in [2.75, 3.05) is 13.1 Å². The fourth-order valence-electron chi connectivity index (χ4n) is 3.59. The monoisotopic (exact) mass is 295 g/mol. The van der Waals surface area contributed by atoms with Gasteiger partial charge in [0.2, 0.25) is 0 Å². The van der Waals surface area contributed by atoms with E-state index in [-0.39, 0.29) is 11.6 Å². The van der Waals surface area contributed by atoms with Crippen molar-refractivity contribution in [2.45, 2.75) is 72.0 Å². The second kappa shape index (κ2) is 8.51. The standard InChI is InChI=1S/C16H33N5/c1-6-16(7-2,20(8-3)9-4)15(19-17)11-14-12-18-21(10-5)13-14/h12-13,15,19H,6-11,17H2,1-5H3. The molecule has 3 N–H and O–H groups in total. The molecule has 0 aromatic carbocycles. The first-order chi connectivity index (χ1) is 10.1. The van der Waals surface area contributed by atoms with Gasteiger partial charge in [0.05, 0.1) is 6.20 Å². The van der Waals surface area contributed by atoms with Gasteiger partial charge < -0.3 is 0 Å². The molecule has 1 aromatic rings. The van der Waals surface area contributed by atoms with Gasteiger partial charge in [-0.15, -0.1) is 0 Å². The highest BCUT2D eigenvalue weighted by Gasteiger charge is 2.39. The lowest BCUT2D eigenvalue weighted by molar-refractivity contribution is 0.0492. The van der Waals surface area contributed by atoms with Gasteiger partial charge in [-0.2, -0.15) is 5.10 Å². The van der Waals surface area contributed by atoms with E-state index in [0.717, 1.165) is 38.9 Å². The SMILES string of the molecule is CCN(CC)C(CC)(CC)C(Cc1cnn(CC)c1)NN. The van der Waals surface area contributed by atoms with Crippen LogP contribution in [0.1, 0.15) is 53.0 Å². The first kappa shape index (κ1) is 18.1. The number of nitrogens with one attached hydrogen (secondary N) is 1. The average molecular weight is 295 g/mol. The number of aromatic nitrogens is 2. The van der Waals surface area contributed by atoms with Crippen molar-refractivity contribution in [3.63, 3.8) is 0 Å². The molecular formula is C16H33N5. The van der Waals surface area contributed by atoms with E-state index < -0.39 is 0 Å². The number of rotatable bonds is 10. The van der Waals surface area contributed by atoms with Crippen molar-refractivity contribution in [2.24, 2.45) is 5.84 Å². The topological polar surface area (TPSA) is 59.1 Å². The summed E-state index contributed by atoms with van der Waals surface area (Å²) in [5.74, 6) is 5.94. The van der Waals surface area contributed by atoms with Crippen LogP contribution in [-0.2, 0) is 13.0 Å². The summed E-state index contributed by atoms with van der Waals surface area (Å²) in [6, 6.07) is 0.224. The van der Waals surface area contributed by atoms with E-state index in [2.05, 4.69) is 56.2 Å². The molecule has 1 aromatic heterocycles. The first-order valence-electron chi connectivity index (χ1n) is 8.34. The fraction of sp³-hybridized carbons (Fsp3) is 0.812. The zero-order chi connectivity index (χ0) is 15.9. The Bertz CT molecular complexity index is 393. The number of hydrogen-bond acceptors (Lipinski definition) is 4. The summed E-state index contributed by atoms with van der Waals surface area (Å²) >= 11 is 0. The third-order valence-electron chi connectivity index (χ3n) is 4.92. The van der Waals surface area contributed by atoms with Crippen LogP contribution in [0.25, 0.3) is 0 Å². The van der Waals surface area contributed by atoms with Crippen molar-refractivity contribution < 1.29 is 0 Å². The van der Waals surface area contributed by atoms with Crippen LogP contribution in [0.3, 0.4) is 0 Å². The Morgan fingerprint density at radius 3 is 2.24 bits per heavy atom. The number of nitrogens with zero attached hydrogens (tertiary/aromatic N) is 3. The van der Waals surface area contributed by atoms with E-state index in [0.29, 0.717) is 0 Å². The van der Waals surface area contributed by atoms with Crippen LogP contribution in [-0.4, -0.2) is 39.4 Å². The molecule has 0 amide bonds. The van der Waals surface area contributed by atoms with Crippen molar-refractivity contribution in [3.05, 3.63) is 18.0 Å². The van der Waals surface area contributed by atoms with Crippen LogP contribution in [0.15, 0.2) is 12.4 Å². The third-order valence-corrected chi connectivity index (χ3v) is 4.92. The van der Waals surface area contributed by atoms with Gasteiger partial charge in [-0.3, -0.25) is 20.9 Å². The molecule has 21 heavy (non-hydrogen) atoms. The Hall–Kier alpha value is -0.910. The summed E-state index contributed by atoms with van der Waals surface area (Å²) < 4.78 is 1.97. The van der Waals surface area contributed by atoms with Crippen molar-refractivity contribution >= 4 is 0 Å². The zero-order valence-corrected chi connectivity index (χ0v) is 14.4. The van der Waals surface area contributed by atoms with Gasteiger partial charge in [0, 0.05) is 24.3 Å². The molecule has 0 fully saturated rings. The van der Waals surface area contributed by atoms with E-state index >= 15 is 0 Å². The molecule has 0 aliphatic carbocycles. The smallest absolute Gasteiger partial charge is 0.0522 e. The second-order valence-electron chi connectivity index (χ2n) is 5.61. The Morgan fingerprint density at radius 1 is 1.24 bits per heavy atom. The predicted molar refractivity (Wildman–Crippen MR) is 89.0 cm³/mol. The normalized spacial score (nSPS) is 13.9. The van der Waals surface area contributed by atoms with Crippen LogP contribution in [0.5, 0.6) is 0 Å². The minimum atomic E-state index is 0.0898. The van der Waals surface area contributed by atoms with Crippen LogP contribution in [0.4, 0.5) is 0 Å². The lowest BCUT2D eigenvalue weighted by Gasteiger charge is -2.47. The van der Waals surface area contributed by atoms with Gasteiger partial charge in [-0.05, 0) is 44.8 Å². The molecule has 1 rings (SSSR count). The van der Waals surface area contributed by atoms with Crippen LogP contribution >= 0.6 is 0 Å². The second-order valence-corrected chi connectivity index (χ2v) is 5.61. The highest BCUT2D eigenvalue weighted by molar-refractivity contribution is 5.11. The van der Waals surface area contributed by atoms with Crippen molar-refractivity contribution in [3.8, 4) is 0 Å². The molecule has 0 saturated carbocycles. The van der Waals surface area contributed by atoms with Gasteiger partial charge in [0.25, 0.3) is 0 Å². The summed E-state index contributed by atoms with van der Waals surface area (Å²) in [7, 11) is 0. The lowest BCUT2D eigenvalue weighted by Crippen LogP contribution is -2.63. The maximum Gasteiger partial charge on any atom is 0.0522 e. The largest absolute Gasteiger partial charge is 0.297 e. The van der Waals surface area contributed by atoms with E-state index in [4.69, 9.17) is 5.84 Å². The van der Waals surface area contributed by atoms with Crippen molar-refractivity contribution in [1.29, 1.82) is 0 Å². The Labute approximate surface area is 129 Å². The summed E-state index contributed by atoms with van der Waals surface area (Å²) in [5.41, 5.74) is 4.43. The Kier molecular flexibility index (Phi) is 7.35. The van der Waals surface area contributed by atoms with Crippen LogP contribution in [0.2, 0.25) is 0 Å². The zero-order valence-electron chi connectivity index (χ0n) is 14.4. The number of hydrazine groups is 1. The van der Waals surface area contributed by atoms with Gasteiger partial charge >= 0.3 is 0 Å². The highest BCUT2D eigenvalue weighted by atomic mass is 15.3. The van der Waals surface area contributed by atoms with E-state index in [9.17, 15) is 0 Å².